The lowest BCUT2D eigenvalue weighted by molar-refractivity contribution is -0.165. The first-order valence-corrected chi connectivity index (χ1v) is 10.7. The van der Waals surface area contributed by atoms with Crippen molar-refractivity contribution in [3.63, 3.8) is 0 Å². The summed E-state index contributed by atoms with van der Waals surface area (Å²) in [6.07, 6.45) is 1.07. The topological polar surface area (TPSA) is 69.6 Å². The number of rotatable bonds is 4. The minimum Gasteiger partial charge on any atom is -0.393 e. The Morgan fingerprint density at radius 1 is 1.12 bits per heavy atom. The summed E-state index contributed by atoms with van der Waals surface area (Å²) < 4.78 is 44.1. The van der Waals surface area contributed by atoms with Crippen LogP contribution in [0.3, 0.4) is 0 Å². The Labute approximate surface area is 188 Å². The number of carbonyl (C=O) groups is 2. The minimum atomic E-state index is -3.94. The van der Waals surface area contributed by atoms with Crippen LogP contribution in [-0.2, 0) is 10.7 Å². The Hall–Kier alpha value is -2.58. The first-order valence-electron chi connectivity index (χ1n) is 10.3. The summed E-state index contributed by atoms with van der Waals surface area (Å²) in [4.78, 5) is 26.7. The van der Waals surface area contributed by atoms with Crippen LogP contribution in [0.25, 0.3) is 0 Å². The van der Waals surface area contributed by atoms with Gasteiger partial charge in [0.1, 0.15) is 5.82 Å². The van der Waals surface area contributed by atoms with Crippen molar-refractivity contribution < 1.29 is 27.9 Å². The molecule has 170 valence electrons. The molecule has 3 atom stereocenters. The Balaban J connectivity index is 1.59. The van der Waals surface area contributed by atoms with Gasteiger partial charge in [-0.05, 0) is 74.6 Å². The van der Waals surface area contributed by atoms with Crippen LogP contribution in [0.1, 0.15) is 47.2 Å². The summed E-state index contributed by atoms with van der Waals surface area (Å²) in [5.41, 5.74) is -0.247. The third-order valence-electron chi connectivity index (χ3n) is 6.19. The van der Waals surface area contributed by atoms with Crippen LogP contribution < -0.4 is 5.32 Å². The van der Waals surface area contributed by atoms with Crippen molar-refractivity contribution in [2.24, 2.45) is 0 Å². The predicted molar refractivity (Wildman–Crippen MR) is 113 cm³/mol. The molecule has 0 aromatic heterocycles. The maximum absolute atomic E-state index is 15.3. The van der Waals surface area contributed by atoms with Crippen LogP contribution >= 0.6 is 11.6 Å². The maximum Gasteiger partial charge on any atom is 0.351 e. The lowest BCUT2D eigenvalue weighted by Gasteiger charge is -2.39. The third-order valence-corrected chi connectivity index (χ3v) is 6.52. The highest BCUT2D eigenvalue weighted by molar-refractivity contribution is 6.32. The molecule has 0 radical (unpaired) electrons. The van der Waals surface area contributed by atoms with E-state index in [9.17, 15) is 19.1 Å². The van der Waals surface area contributed by atoms with Gasteiger partial charge in [-0.25, -0.2) is 4.39 Å². The minimum absolute atomic E-state index is 0.115. The molecule has 2 N–H and O–H groups in total. The molecule has 2 aliphatic rings. The lowest BCUT2D eigenvalue weighted by Crippen LogP contribution is -2.52. The second-order valence-electron chi connectivity index (χ2n) is 8.41. The van der Waals surface area contributed by atoms with Gasteiger partial charge in [0.05, 0.1) is 16.7 Å². The summed E-state index contributed by atoms with van der Waals surface area (Å²) in [5, 5.41) is 12.1. The number of amides is 2. The SMILES string of the molecule is Cc1cc(NC(=O)c2ccc(Cl)c(C(F)(F)C(=O)N3[C@@H]4CC[C@H]3C[C@H](O)C4)c2)ccc1F. The predicted octanol–water partition coefficient (Wildman–Crippen LogP) is 4.65. The number of hydrogen-bond acceptors (Lipinski definition) is 3. The fourth-order valence-corrected chi connectivity index (χ4v) is 4.83. The molecule has 0 aliphatic carbocycles. The van der Waals surface area contributed by atoms with Gasteiger partial charge in [-0.1, -0.05) is 11.6 Å². The fraction of sp³-hybridized carbons (Fsp3) is 0.391. The van der Waals surface area contributed by atoms with E-state index in [0.717, 1.165) is 12.1 Å². The summed E-state index contributed by atoms with van der Waals surface area (Å²) in [5.74, 6) is -6.44. The number of alkyl halides is 2. The van der Waals surface area contributed by atoms with E-state index in [1.165, 1.54) is 36.1 Å². The number of halogens is 4. The molecule has 9 heteroatoms. The normalized spacial score (nSPS) is 22.7. The zero-order chi connectivity index (χ0) is 23.2. The number of piperidine rings is 1. The molecule has 32 heavy (non-hydrogen) atoms. The lowest BCUT2D eigenvalue weighted by atomic mass is 9.97. The summed E-state index contributed by atoms with van der Waals surface area (Å²) >= 11 is 6.01. The van der Waals surface area contributed by atoms with Gasteiger partial charge in [-0.3, -0.25) is 9.59 Å². The van der Waals surface area contributed by atoms with Crippen molar-refractivity contribution in [2.75, 3.05) is 5.32 Å². The molecule has 0 saturated carbocycles. The van der Waals surface area contributed by atoms with Crippen LogP contribution in [0.2, 0.25) is 5.02 Å². The smallest absolute Gasteiger partial charge is 0.351 e. The molecule has 2 bridgehead atoms. The number of fused-ring (bicyclic) bond motifs is 2. The molecule has 2 aliphatic heterocycles. The number of benzene rings is 2. The van der Waals surface area contributed by atoms with Gasteiger partial charge in [0.25, 0.3) is 11.8 Å². The molecular formula is C23H22ClF3N2O3. The van der Waals surface area contributed by atoms with Crippen molar-refractivity contribution in [1.82, 2.24) is 4.90 Å². The number of anilines is 1. The van der Waals surface area contributed by atoms with Crippen molar-refractivity contribution in [2.45, 2.75) is 56.7 Å². The molecule has 2 saturated heterocycles. The summed E-state index contributed by atoms with van der Waals surface area (Å²) in [6, 6.07) is 6.43. The van der Waals surface area contributed by atoms with Gasteiger partial charge in [0.2, 0.25) is 0 Å². The van der Waals surface area contributed by atoms with Crippen LogP contribution in [0.5, 0.6) is 0 Å². The van der Waals surface area contributed by atoms with Crippen molar-refractivity contribution in [1.29, 1.82) is 0 Å². The standard InChI is InChI=1S/C23H22ClF3N2O3/c1-12-8-14(3-7-20(12)25)28-21(31)13-2-6-19(24)18(9-13)23(26,27)22(32)29-15-4-5-16(29)11-17(30)10-15/h2-3,6-9,15-17,30H,4-5,10-11H2,1H3,(H,28,31)/t15-,16+,17-. The van der Waals surface area contributed by atoms with Gasteiger partial charge in [-0.2, -0.15) is 8.78 Å². The van der Waals surface area contributed by atoms with Gasteiger partial charge < -0.3 is 15.3 Å². The van der Waals surface area contributed by atoms with E-state index < -0.39 is 47.3 Å². The molecule has 4 rings (SSSR count). The van der Waals surface area contributed by atoms with Crippen LogP contribution in [0.4, 0.5) is 18.9 Å². The highest BCUT2D eigenvalue weighted by atomic mass is 35.5. The molecule has 2 aromatic rings. The molecule has 0 unspecified atom stereocenters. The van der Waals surface area contributed by atoms with Crippen molar-refractivity contribution >= 4 is 29.1 Å². The molecular weight excluding hydrogens is 445 g/mol. The van der Waals surface area contributed by atoms with Gasteiger partial charge in [-0.15, -0.1) is 0 Å². The van der Waals surface area contributed by atoms with E-state index in [-0.39, 0.29) is 23.4 Å². The number of nitrogens with one attached hydrogen (secondary N) is 1. The highest BCUT2D eigenvalue weighted by Gasteiger charge is 2.52. The Bertz CT molecular complexity index is 1060. The number of hydrogen-bond donors (Lipinski definition) is 2. The molecule has 2 heterocycles. The van der Waals surface area contributed by atoms with Gasteiger partial charge in [0, 0.05) is 23.3 Å². The van der Waals surface area contributed by atoms with Gasteiger partial charge in [0.15, 0.2) is 0 Å². The number of nitrogens with zero attached hydrogens (tertiary/aromatic N) is 1. The van der Waals surface area contributed by atoms with E-state index >= 15 is 8.78 Å². The maximum atomic E-state index is 15.3. The van der Waals surface area contributed by atoms with E-state index in [4.69, 9.17) is 11.6 Å². The summed E-state index contributed by atoms with van der Waals surface area (Å²) in [7, 11) is 0. The average molecular weight is 467 g/mol. The highest BCUT2D eigenvalue weighted by Crippen LogP contribution is 2.42. The molecule has 0 spiro atoms. The number of carbonyl (C=O) groups excluding carboxylic acids is 2. The Morgan fingerprint density at radius 3 is 2.41 bits per heavy atom. The number of aliphatic hydroxyl groups excluding tert-OH is 1. The average Bonchev–Trinajstić information content (AvgIpc) is 3.00. The zero-order valence-electron chi connectivity index (χ0n) is 17.2. The second kappa shape index (κ2) is 8.41. The first-order chi connectivity index (χ1) is 15.1. The molecule has 2 fully saturated rings. The molecule has 2 amide bonds. The Kier molecular flexibility index (Phi) is 5.94. The van der Waals surface area contributed by atoms with Gasteiger partial charge >= 0.3 is 5.92 Å². The summed E-state index contributed by atoms with van der Waals surface area (Å²) in [6.45, 7) is 1.53. The van der Waals surface area contributed by atoms with Crippen LogP contribution in [0, 0.1) is 12.7 Å². The molecule has 2 aromatic carbocycles. The largest absolute Gasteiger partial charge is 0.393 e. The monoisotopic (exact) mass is 466 g/mol. The van der Waals surface area contributed by atoms with E-state index in [1.807, 2.05) is 0 Å². The van der Waals surface area contributed by atoms with Crippen molar-refractivity contribution in [3.8, 4) is 0 Å². The number of aliphatic hydroxyl groups is 1. The Morgan fingerprint density at radius 2 is 1.78 bits per heavy atom. The quantitative estimate of drug-likeness (QED) is 0.689. The van der Waals surface area contributed by atoms with Crippen LogP contribution in [0.15, 0.2) is 36.4 Å². The third kappa shape index (κ3) is 4.09. The zero-order valence-corrected chi connectivity index (χ0v) is 18.0. The van der Waals surface area contributed by atoms with Crippen molar-refractivity contribution in [3.05, 3.63) is 63.9 Å². The second-order valence-corrected chi connectivity index (χ2v) is 8.82. The molecule has 5 nitrogen and oxygen atoms in total. The van der Waals surface area contributed by atoms with Crippen LogP contribution in [-0.4, -0.2) is 40.0 Å². The number of aryl methyl sites for hydroxylation is 1. The fourth-order valence-electron chi connectivity index (χ4n) is 4.59. The first kappa shape index (κ1) is 22.6. The van der Waals surface area contributed by atoms with E-state index in [1.54, 1.807) is 0 Å². The van der Waals surface area contributed by atoms with E-state index in [0.29, 0.717) is 24.1 Å². The van der Waals surface area contributed by atoms with E-state index in [2.05, 4.69) is 5.32 Å².